The Kier molecular flexibility index (Phi) is 5.28. The van der Waals surface area contributed by atoms with E-state index in [1.165, 1.54) is 12.1 Å². The maximum atomic E-state index is 14.1. The first-order chi connectivity index (χ1) is 15.3. The maximum absolute atomic E-state index is 14.1. The van der Waals surface area contributed by atoms with Crippen LogP contribution in [0.1, 0.15) is 77.3 Å². The van der Waals surface area contributed by atoms with Crippen molar-refractivity contribution in [3.8, 4) is 0 Å². The summed E-state index contributed by atoms with van der Waals surface area (Å²) >= 11 is 0. The number of hydrogen-bond acceptors (Lipinski definition) is 3. The van der Waals surface area contributed by atoms with E-state index < -0.39 is 28.6 Å². The van der Waals surface area contributed by atoms with Crippen LogP contribution < -0.4 is 0 Å². The Morgan fingerprint density at radius 2 is 1.69 bits per heavy atom. The van der Waals surface area contributed by atoms with Crippen molar-refractivity contribution < 1.29 is 23.5 Å². The molecule has 32 heavy (non-hydrogen) atoms. The molecular weight excluding hydrogens is 410 g/mol. The fourth-order valence-corrected chi connectivity index (χ4v) is 6.90. The molecule has 0 radical (unpaired) electrons. The van der Waals surface area contributed by atoms with Gasteiger partial charge in [-0.1, -0.05) is 25.1 Å². The highest BCUT2D eigenvalue weighted by Gasteiger charge is 2.54. The van der Waals surface area contributed by atoms with Crippen molar-refractivity contribution in [2.45, 2.75) is 57.5 Å². The van der Waals surface area contributed by atoms with Gasteiger partial charge in [-0.15, -0.1) is 0 Å². The molecule has 2 aromatic carbocycles. The summed E-state index contributed by atoms with van der Waals surface area (Å²) in [6, 6.07) is 8.09. The lowest BCUT2D eigenvalue weighted by atomic mass is 9.49. The molecule has 4 fully saturated rings. The van der Waals surface area contributed by atoms with Gasteiger partial charge >= 0.3 is 0 Å². The highest BCUT2D eigenvalue weighted by atomic mass is 19.1. The average molecular weight is 439 g/mol. The van der Waals surface area contributed by atoms with Gasteiger partial charge in [0.15, 0.2) is 11.6 Å². The number of halogens is 2. The number of carbonyl (C=O) groups is 2. The summed E-state index contributed by atoms with van der Waals surface area (Å²) in [6.07, 6.45) is 5.75. The van der Waals surface area contributed by atoms with Gasteiger partial charge in [0.2, 0.25) is 0 Å². The van der Waals surface area contributed by atoms with Gasteiger partial charge in [0.25, 0.3) is 0 Å². The molecule has 6 rings (SSSR count). The minimum Gasteiger partial charge on any atom is -0.390 e. The zero-order valence-corrected chi connectivity index (χ0v) is 18.2. The monoisotopic (exact) mass is 438 g/mol. The second-order valence-corrected chi connectivity index (χ2v) is 10.1. The summed E-state index contributed by atoms with van der Waals surface area (Å²) < 4.78 is 28.1. The lowest BCUT2D eigenvalue weighted by Crippen LogP contribution is -2.54. The van der Waals surface area contributed by atoms with E-state index in [0.717, 1.165) is 49.8 Å². The van der Waals surface area contributed by atoms with Crippen molar-refractivity contribution in [2.24, 2.45) is 23.7 Å². The minimum atomic E-state index is -0.892. The molecule has 0 saturated heterocycles. The zero-order chi connectivity index (χ0) is 22.6. The molecule has 168 valence electrons. The van der Waals surface area contributed by atoms with Crippen LogP contribution in [0.4, 0.5) is 8.78 Å². The highest BCUT2D eigenvalue weighted by Crippen LogP contribution is 2.59. The summed E-state index contributed by atoms with van der Waals surface area (Å²) in [7, 11) is 0. The summed E-state index contributed by atoms with van der Waals surface area (Å²) in [6.45, 7) is 1.91. The standard InChI is InChI=1S/C27H28F2O3/c1-2-16-10-17(26(31)25-22(28)4-3-5-23(25)29)6-7-20(16)24(30)11-21-18-8-15-9-19(21)14-27(32,12-15)13-18/h3-7,10,15,18-19,21,32H,2,8-9,11-14H2,1H3. The molecular formula is C27H28F2O3. The second kappa shape index (κ2) is 7.87. The van der Waals surface area contributed by atoms with Crippen molar-refractivity contribution in [2.75, 3.05) is 0 Å². The number of Topliss-reactive ketones (excluding diaryl/α,β-unsaturated/α-hetero) is 1. The molecule has 3 nitrogen and oxygen atoms in total. The van der Waals surface area contributed by atoms with E-state index in [1.54, 1.807) is 12.1 Å². The van der Waals surface area contributed by atoms with E-state index in [2.05, 4.69) is 0 Å². The predicted octanol–water partition coefficient (Wildman–Crippen LogP) is 5.52. The number of ketones is 2. The molecule has 4 bridgehead atoms. The van der Waals surface area contributed by atoms with E-state index in [1.807, 2.05) is 6.92 Å². The first kappa shape index (κ1) is 21.4. The number of aryl methyl sites for hydroxylation is 1. The number of hydrogen-bond donors (Lipinski definition) is 1. The van der Waals surface area contributed by atoms with Gasteiger partial charge in [0.05, 0.1) is 11.2 Å². The van der Waals surface area contributed by atoms with Crippen LogP contribution >= 0.6 is 0 Å². The SMILES string of the molecule is CCc1cc(C(=O)c2c(F)cccc2F)ccc1C(=O)CC1C2CC3CC1CC(O)(C3)C2. The van der Waals surface area contributed by atoms with Gasteiger partial charge < -0.3 is 5.11 Å². The first-order valence-electron chi connectivity index (χ1n) is 11.6. The van der Waals surface area contributed by atoms with Gasteiger partial charge in [-0.25, -0.2) is 8.78 Å². The third kappa shape index (κ3) is 3.61. The normalized spacial score (nSPS) is 30.5. The van der Waals surface area contributed by atoms with Crippen LogP contribution in [0.15, 0.2) is 36.4 Å². The first-order valence-corrected chi connectivity index (χ1v) is 11.6. The Bertz CT molecular complexity index is 1060. The predicted molar refractivity (Wildman–Crippen MR) is 117 cm³/mol. The largest absolute Gasteiger partial charge is 0.390 e. The van der Waals surface area contributed by atoms with Crippen LogP contribution in [-0.2, 0) is 6.42 Å². The van der Waals surface area contributed by atoms with Gasteiger partial charge in [-0.2, -0.15) is 0 Å². The Hall–Kier alpha value is -2.40. The maximum Gasteiger partial charge on any atom is 0.198 e. The Labute approximate surface area is 186 Å². The third-order valence-electron chi connectivity index (χ3n) is 8.10. The lowest BCUT2D eigenvalue weighted by Gasteiger charge is -2.58. The van der Waals surface area contributed by atoms with Crippen LogP contribution in [0.3, 0.4) is 0 Å². The molecule has 0 heterocycles. The molecule has 5 heteroatoms. The van der Waals surface area contributed by atoms with E-state index in [9.17, 15) is 23.5 Å². The van der Waals surface area contributed by atoms with E-state index in [4.69, 9.17) is 0 Å². The van der Waals surface area contributed by atoms with Crippen LogP contribution in [0.5, 0.6) is 0 Å². The molecule has 2 atom stereocenters. The van der Waals surface area contributed by atoms with Crippen LogP contribution in [0.25, 0.3) is 0 Å². The Morgan fingerprint density at radius 1 is 1.03 bits per heavy atom. The van der Waals surface area contributed by atoms with Crippen LogP contribution in [-0.4, -0.2) is 22.3 Å². The van der Waals surface area contributed by atoms with E-state index in [-0.39, 0.29) is 11.3 Å². The number of carbonyl (C=O) groups excluding carboxylic acids is 2. The van der Waals surface area contributed by atoms with Gasteiger partial charge in [0.1, 0.15) is 11.6 Å². The van der Waals surface area contributed by atoms with Crippen molar-refractivity contribution in [3.63, 3.8) is 0 Å². The molecule has 2 aromatic rings. The molecule has 0 aromatic heterocycles. The fourth-order valence-electron chi connectivity index (χ4n) is 6.90. The smallest absolute Gasteiger partial charge is 0.198 e. The second-order valence-electron chi connectivity index (χ2n) is 10.1. The van der Waals surface area contributed by atoms with Crippen molar-refractivity contribution in [1.29, 1.82) is 0 Å². The molecule has 2 unspecified atom stereocenters. The molecule has 0 aliphatic heterocycles. The molecule has 0 amide bonds. The molecule has 4 saturated carbocycles. The number of benzene rings is 2. The van der Waals surface area contributed by atoms with Gasteiger partial charge in [0, 0.05) is 17.5 Å². The minimum absolute atomic E-state index is 0.0578. The highest BCUT2D eigenvalue weighted by molar-refractivity contribution is 6.10. The topological polar surface area (TPSA) is 54.4 Å². The summed E-state index contributed by atoms with van der Waals surface area (Å²) in [5, 5.41) is 10.8. The van der Waals surface area contributed by atoms with Gasteiger partial charge in [-0.05, 0) is 86.0 Å². The number of rotatable bonds is 6. The van der Waals surface area contributed by atoms with Gasteiger partial charge in [-0.3, -0.25) is 9.59 Å². The summed E-state index contributed by atoms with van der Waals surface area (Å²) in [5.74, 6) is -0.730. The van der Waals surface area contributed by atoms with Crippen molar-refractivity contribution in [1.82, 2.24) is 0 Å². The molecule has 0 spiro atoms. The van der Waals surface area contributed by atoms with E-state index >= 15 is 0 Å². The van der Waals surface area contributed by atoms with Crippen molar-refractivity contribution >= 4 is 11.6 Å². The average Bonchev–Trinajstić information content (AvgIpc) is 2.74. The Balaban J connectivity index is 1.38. The van der Waals surface area contributed by atoms with E-state index in [0.29, 0.717) is 42.1 Å². The molecule has 4 aliphatic rings. The summed E-state index contributed by atoms with van der Waals surface area (Å²) in [4.78, 5) is 26.1. The van der Waals surface area contributed by atoms with Crippen molar-refractivity contribution in [3.05, 3.63) is 70.3 Å². The fraction of sp³-hybridized carbons (Fsp3) is 0.481. The third-order valence-corrected chi connectivity index (χ3v) is 8.10. The van der Waals surface area contributed by atoms with Crippen LogP contribution in [0.2, 0.25) is 0 Å². The quantitative estimate of drug-likeness (QED) is 0.605. The molecule has 4 aliphatic carbocycles. The molecule has 1 N–H and O–H groups in total. The lowest BCUT2D eigenvalue weighted by molar-refractivity contribution is -0.151. The Morgan fingerprint density at radius 3 is 2.28 bits per heavy atom. The zero-order valence-electron chi connectivity index (χ0n) is 18.2. The summed E-state index contributed by atoms with van der Waals surface area (Å²) in [5.41, 5.74) is 0.402. The number of aliphatic hydroxyl groups is 1. The van der Waals surface area contributed by atoms with Crippen LogP contribution in [0, 0.1) is 35.3 Å².